The van der Waals surface area contributed by atoms with Crippen molar-refractivity contribution in [2.45, 2.75) is 115 Å². The highest BCUT2D eigenvalue weighted by atomic mass is 32.2. The highest BCUT2D eigenvalue weighted by Crippen LogP contribution is 2.26. The molecule has 268 valence electrons. The molecule has 1 rings (SSSR count). The molecule has 0 heterocycles. The molecule has 1 aromatic rings. The second kappa shape index (κ2) is 23.4. The van der Waals surface area contributed by atoms with Crippen LogP contribution in [0.3, 0.4) is 0 Å². The van der Waals surface area contributed by atoms with Crippen LogP contribution in [0.1, 0.15) is 103 Å². The Kier molecular flexibility index (Phi) is 20.9. The number of rotatable bonds is 28. The van der Waals surface area contributed by atoms with Crippen LogP contribution in [0.15, 0.2) is 36.4 Å². The average molecular weight is 684 g/mol. The summed E-state index contributed by atoms with van der Waals surface area (Å²) in [5.74, 6) is -4.43. The second-order valence-electron chi connectivity index (χ2n) is 12.1. The maximum Gasteiger partial charge on any atom is 0.336 e. The molecule has 0 aliphatic heterocycles. The number of hydrogen-bond acceptors (Lipinski definition) is 8. The minimum atomic E-state index is -3.06. The average Bonchev–Trinajstić information content (AvgIpc) is 3.03. The fourth-order valence-corrected chi connectivity index (χ4v) is 6.56. The number of allylic oxidation sites excluding steroid dienone is 1. The van der Waals surface area contributed by atoms with Crippen molar-refractivity contribution >= 4 is 27.7 Å². The van der Waals surface area contributed by atoms with Gasteiger partial charge in [0.15, 0.2) is 5.60 Å². The molecule has 0 bridgehead atoms. The molecular weight excluding hydrogens is 626 g/mol. The van der Waals surface area contributed by atoms with Crippen LogP contribution < -0.4 is 10.1 Å². The molecule has 0 aromatic heterocycles. The molecule has 0 fully saturated rings. The van der Waals surface area contributed by atoms with E-state index < -0.39 is 51.7 Å². The number of ether oxygens (including phenoxy) is 2. The quantitative estimate of drug-likeness (QED) is 0.0666. The SMILES string of the molecule is CCCCCCCS(=O)(=O)CCCCCC/C=C/[C@H](C(=O)N[C@@H](Cc1ccc(OCCCC)cc1)C(=O)O)[C@@](O)(CCOC)C(=O)O. The molecule has 4 N–H and O–H groups in total. The number of aliphatic hydroxyl groups is 1. The lowest BCUT2D eigenvalue weighted by Crippen LogP contribution is -2.55. The highest BCUT2D eigenvalue weighted by molar-refractivity contribution is 7.91. The Morgan fingerprint density at radius 2 is 1.47 bits per heavy atom. The van der Waals surface area contributed by atoms with Crippen molar-refractivity contribution in [1.82, 2.24) is 5.32 Å². The lowest BCUT2D eigenvalue weighted by atomic mass is 9.83. The zero-order valence-electron chi connectivity index (χ0n) is 28.5. The van der Waals surface area contributed by atoms with Crippen molar-refractivity contribution in [2.75, 3.05) is 31.8 Å². The third-order valence-electron chi connectivity index (χ3n) is 8.06. The number of hydrogen-bond donors (Lipinski definition) is 4. The van der Waals surface area contributed by atoms with Gasteiger partial charge in [-0.25, -0.2) is 18.0 Å². The Morgan fingerprint density at radius 1 is 0.872 bits per heavy atom. The summed E-state index contributed by atoms with van der Waals surface area (Å²) >= 11 is 0. The minimum absolute atomic E-state index is 0.0646. The monoisotopic (exact) mass is 683 g/mol. The van der Waals surface area contributed by atoms with E-state index in [2.05, 4.69) is 19.2 Å². The first-order chi connectivity index (χ1) is 22.4. The summed E-state index contributed by atoms with van der Waals surface area (Å²) in [5.41, 5.74) is -1.91. The predicted molar refractivity (Wildman–Crippen MR) is 182 cm³/mol. The van der Waals surface area contributed by atoms with Crippen LogP contribution in [0.4, 0.5) is 0 Å². The Labute approximate surface area is 281 Å². The topological polar surface area (TPSA) is 177 Å². The minimum Gasteiger partial charge on any atom is -0.494 e. The number of aliphatic carboxylic acids is 2. The second-order valence-corrected chi connectivity index (χ2v) is 14.4. The van der Waals surface area contributed by atoms with Gasteiger partial charge in [-0.2, -0.15) is 0 Å². The van der Waals surface area contributed by atoms with Gasteiger partial charge >= 0.3 is 11.9 Å². The number of sulfone groups is 1. The van der Waals surface area contributed by atoms with Crippen LogP contribution in [-0.4, -0.2) is 85.1 Å². The molecule has 0 unspecified atom stereocenters. The molecular formula is C35H57NO10S. The number of carbonyl (C=O) groups is 3. The van der Waals surface area contributed by atoms with E-state index >= 15 is 0 Å². The van der Waals surface area contributed by atoms with Crippen molar-refractivity contribution in [3.8, 4) is 5.75 Å². The Morgan fingerprint density at radius 3 is 2.02 bits per heavy atom. The molecule has 1 amide bonds. The van der Waals surface area contributed by atoms with Gasteiger partial charge in [0.25, 0.3) is 0 Å². The molecule has 3 atom stereocenters. The molecule has 0 radical (unpaired) electrons. The van der Waals surface area contributed by atoms with Crippen molar-refractivity contribution in [3.63, 3.8) is 0 Å². The number of carboxylic acids is 2. The largest absolute Gasteiger partial charge is 0.494 e. The molecule has 47 heavy (non-hydrogen) atoms. The summed E-state index contributed by atoms with van der Waals surface area (Å²) in [7, 11) is -1.72. The van der Waals surface area contributed by atoms with Gasteiger partial charge in [0.05, 0.1) is 24.0 Å². The van der Waals surface area contributed by atoms with E-state index in [0.29, 0.717) is 50.0 Å². The molecule has 0 saturated heterocycles. The molecule has 12 heteroatoms. The molecule has 0 aliphatic carbocycles. The number of benzene rings is 1. The van der Waals surface area contributed by atoms with Gasteiger partial charge in [0, 0.05) is 26.6 Å². The third kappa shape index (κ3) is 17.1. The summed E-state index contributed by atoms with van der Waals surface area (Å²) < 4.78 is 35.1. The summed E-state index contributed by atoms with van der Waals surface area (Å²) in [6, 6.07) is 5.48. The number of carbonyl (C=O) groups excluding carboxylic acids is 1. The Hall–Kier alpha value is -2.96. The van der Waals surface area contributed by atoms with Gasteiger partial charge in [0.2, 0.25) is 5.91 Å². The highest BCUT2D eigenvalue weighted by Gasteiger charge is 2.47. The smallest absolute Gasteiger partial charge is 0.336 e. The normalized spacial score (nSPS) is 14.4. The van der Waals surface area contributed by atoms with Crippen LogP contribution >= 0.6 is 0 Å². The first kappa shape index (κ1) is 42.1. The van der Waals surface area contributed by atoms with E-state index in [0.717, 1.165) is 44.9 Å². The summed E-state index contributed by atoms with van der Waals surface area (Å²) in [5, 5.41) is 33.4. The van der Waals surface area contributed by atoms with Crippen molar-refractivity contribution in [1.29, 1.82) is 0 Å². The van der Waals surface area contributed by atoms with Crippen LogP contribution in [0.25, 0.3) is 0 Å². The van der Waals surface area contributed by atoms with E-state index in [9.17, 15) is 38.1 Å². The number of methoxy groups -OCH3 is 1. The van der Waals surface area contributed by atoms with E-state index in [1.54, 1.807) is 30.3 Å². The number of unbranched alkanes of at least 4 members (excludes halogenated alkanes) is 9. The number of amides is 1. The van der Waals surface area contributed by atoms with E-state index in [-0.39, 0.29) is 24.5 Å². The molecule has 0 saturated carbocycles. The van der Waals surface area contributed by atoms with Crippen LogP contribution in [0, 0.1) is 5.92 Å². The van der Waals surface area contributed by atoms with Gasteiger partial charge in [-0.3, -0.25) is 4.79 Å². The van der Waals surface area contributed by atoms with Crippen molar-refractivity contribution in [3.05, 3.63) is 42.0 Å². The van der Waals surface area contributed by atoms with Crippen molar-refractivity contribution in [2.24, 2.45) is 5.92 Å². The third-order valence-corrected chi connectivity index (χ3v) is 9.88. The zero-order chi connectivity index (χ0) is 35.1. The summed E-state index contributed by atoms with van der Waals surface area (Å²) in [6.07, 6.45) is 12.4. The predicted octanol–water partition coefficient (Wildman–Crippen LogP) is 5.34. The standard InChI is InChI=1S/C35H57NO10S/c1-4-6-8-12-15-25-47(43,44)26-16-13-10-9-11-14-17-30(35(42,34(40)41)22-24-45-3)32(37)36-31(33(38)39)27-28-18-20-29(21-19-28)46-23-7-5-2/h14,17-21,30-31,42H,4-13,15-16,22-27H2,1-3H3,(H,36,37)(H,38,39)(H,40,41)/b17-14+/t30-,31+,35+/m1/s1. The Bertz CT molecular complexity index is 1190. The van der Waals surface area contributed by atoms with Gasteiger partial charge in [0.1, 0.15) is 21.6 Å². The van der Waals surface area contributed by atoms with Crippen LogP contribution in [0.5, 0.6) is 5.75 Å². The zero-order valence-corrected chi connectivity index (χ0v) is 29.3. The Balaban J connectivity index is 2.83. The maximum absolute atomic E-state index is 13.4. The molecule has 1 aromatic carbocycles. The number of nitrogens with one attached hydrogen (secondary N) is 1. The summed E-state index contributed by atoms with van der Waals surface area (Å²) in [4.78, 5) is 37.7. The first-order valence-electron chi connectivity index (χ1n) is 17.0. The fraction of sp³-hybridized carbons (Fsp3) is 0.686. The lowest BCUT2D eigenvalue weighted by Gasteiger charge is -2.30. The first-order valence-corrected chi connectivity index (χ1v) is 18.8. The van der Waals surface area contributed by atoms with Gasteiger partial charge in [-0.15, -0.1) is 0 Å². The van der Waals surface area contributed by atoms with Gasteiger partial charge < -0.3 is 30.1 Å². The molecule has 0 aliphatic rings. The maximum atomic E-state index is 13.4. The van der Waals surface area contributed by atoms with Crippen LogP contribution in [-0.2, 0) is 35.4 Å². The lowest BCUT2D eigenvalue weighted by molar-refractivity contribution is -0.168. The van der Waals surface area contributed by atoms with E-state index in [1.807, 2.05) is 0 Å². The van der Waals surface area contributed by atoms with E-state index in [1.165, 1.54) is 13.2 Å². The molecule has 11 nitrogen and oxygen atoms in total. The fourth-order valence-electron chi connectivity index (χ4n) is 5.07. The van der Waals surface area contributed by atoms with E-state index in [4.69, 9.17) is 9.47 Å². The molecule has 0 spiro atoms. The summed E-state index contributed by atoms with van der Waals surface area (Å²) in [6.45, 7) is 4.60. The van der Waals surface area contributed by atoms with Gasteiger partial charge in [-0.1, -0.05) is 83.1 Å². The van der Waals surface area contributed by atoms with Gasteiger partial charge in [-0.05, 0) is 49.8 Å². The van der Waals surface area contributed by atoms with Crippen molar-refractivity contribution < 1.29 is 47.6 Å². The number of carboxylic acid groups (broad SMARTS) is 2. The van der Waals surface area contributed by atoms with Crippen LogP contribution in [0.2, 0.25) is 0 Å².